The molecule has 1 unspecified atom stereocenters. The van der Waals surface area contributed by atoms with Gasteiger partial charge in [0.2, 0.25) is 0 Å². The number of rotatable bonds is 3. The first-order valence-corrected chi connectivity index (χ1v) is 3.49. The molecule has 1 rings (SSSR count). The standard InChI is InChI=1S/C8H9NO3/c1-12-7(11)5-8(6-10)3-2-4-9-8/h2-4,6H,5H2,1H3. The summed E-state index contributed by atoms with van der Waals surface area (Å²) in [5.41, 5.74) is -1.01. The third-order valence-electron chi connectivity index (χ3n) is 1.65. The molecular formula is C8H9NO3. The second kappa shape index (κ2) is 3.30. The number of hydrogen-bond donors (Lipinski definition) is 0. The first-order valence-electron chi connectivity index (χ1n) is 3.49. The molecule has 12 heavy (non-hydrogen) atoms. The average molecular weight is 167 g/mol. The molecule has 0 amide bonds. The molecule has 0 spiro atoms. The van der Waals surface area contributed by atoms with E-state index < -0.39 is 11.5 Å². The molecule has 0 aromatic rings. The van der Waals surface area contributed by atoms with E-state index in [4.69, 9.17) is 0 Å². The third-order valence-corrected chi connectivity index (χ3v) is 1.65. The lowest BCUT2D eigenvalue weighted by Gasteiger charge is -2.13. The number of nitrogens with zero attached hydrogens (tertiary/aromatic N) is 1. The molecule has 1 aliphatic rings. The van der Waals surface area contributed by atoms with Crippen LogP contribution >= 0.6 is 0 Å². The van der Waals surface area contributed by atoms with Crippen LogP contribution in [0, 0.1) is 0 Å². The maximum absolute atomic E-state index is 10.8. The maximum Gasteiger partial charge on any atom is 0.308 e. The van der Waals surface area contributed by atoms with Gasteiger partial charge in [-0.3, -0.25) is 9.79 Å². The molecule has 0 saturated heterocycles. The van der Waals surface area contributed by atoms with Gasteiger partial charge in [-0.2, -0.15) is 0 Å². The Kier molecular flexibility index (Phi) is 2.38. The molecule has 4 heteroatoms. The molecule has 4 nitrogen and oxygen atoms in total. The Balaban J connectivity index is 2.69. The summed E-state index contributed by atoms with van der Waals surface area (Å²) in [7, 11) is 1.28. The molecule has 0 N–H and O–H groups in total. The Labute approximate surface area is 69.9 Å². The summed E-state index contributed by atoms with van der Waals surface area (Å²) < 4.78 is 4.43. The van der Waals surface area contributed by atoms with E-state index in [9.17, 15) is 9.59 Å². The van der Waals surface area contributed by atoms with E-state index in [-0.39, 0.29) is 6.42 Å². The summed E-state index contributed by atoms with van der Waals surface area (Å²) in [4.78, 5) is 25.3. The van der Waals surface area contributed by atoms with Crippen LogP contribution in [0.1, 0.15) is 6.42 Å². The number of hydrogen-bond acceptors (Lipinski definition) is 4. The summed E-state index contributed by atoms with van der Waals surface area (Å²) in [5, 5.41) is 0. The van der Waals surface area contributed by atoms with E-state index in [2.05, 4.69) is 9.73 Å². The van der Waals surface area contributed by atoms with Gasteiger partial charge in [0, 0.05) is 6.21 Å². The Hall–Kier alpha value is -1.45. The van der Waals surface area contributed by atoms with Crippen LogP contribution in [0.15, 0.2) is 17.1 Å². The van der Waals surface area contributed by atoms with Crippen molar-refractivity contribution in [2.75, 3.05) is 7.11 Å². The predicted molar refractivity (Wildman–Crippen MR) is 43.1 cm³/mol. The lowest BCUT2D eigenvalue weighted by molar-refractivity contribution is -0.142. The molecule has 0 aromatic heterocycles. The fourth-order valence-corrected chi connectivity index (χ4v) is 0.954. The van der Waals surface area contributed by atoms with E-state index in [1.165, 1.54) is 13.3 Å². The van der Waals surface area contributed by atoms with Crippen molar-refractivity contribution in [1.82, 2.24) is 0 Å². The Morgan fingerprint density at radius 2 is 2.50 bits per heavy atom. The van der Waals surface area contributed by atoms with Gasteiger partial charge in [0.1, 0.15) is 5.54 Å². The molecule has 1 aliphatic heterocycles. The van der Waals surface area contributed by atoms with E-state index >= 15 is 0 Å². The average Bonchev–Trinajstić information content (AvgIpc) is 2.54. The molecular weight excluding hydrogens is 158 g/mol. The largest absolute Gasteiger partial charge is 0.469 e. The van der Waals surface area contributed by atoms with Crippen LogP contribution in [-0.4, -0.2) is 31.1 Å². The van der Waals surface area contributed by atoms with Crippen LogP contribution in [0.3, 0.4) is 0 Å². The van der Waals surface area contributed by atoms with Crippen molar-refractivity contribution in [3.8, 4) is 0 Å². The number of aldehydes is 1. The zero-order chi connectivity index (χ0) is 9.03. The molecule has 0 aliphatic carbocycles. The van der Waals surface area contributed by atoms with E-state index in [0.717, 1.165) is 0 Å². The van der Waals surface area contributed by atoms with E-state index in [1.54, 1.807) is 12.2 Å². The van der Waals surface area contributed by atoms with Crippen molar-refractivity contribution in [2.45, 2.75) is 12.0 Å². The Morgan fingerprint density at radius 1 is 1.75 bits per heavy atom. The fraction of sp³-hybridized carbons (Fsp3) is 0.375. The Bertz CT molecular complexity index is 243. The topological polar surface area (TPSA) is 55.7 Å². The highest BCUT2D eigenvalue weighted by atomic mass is 16.5. The highest BCUT2D eigenvalue weighted by molar-refractivity contribution is 5.88. The van der Waals surface area contributed by atoms with Gasteiger partial charge < -0.3 is 9.53 Å². The molecule has 0 saturated carbocycles. The lowest BCUT2D eigenvalue weighted by Crippen LogP contribution is -2.28. The van der Waals surface area contributed by atoms with Crippen molar-refractivity contribution in [3.05, 3.63) is 12.2 Å². The van der Waals surface area contributed by atoms with Crippen LogP contribution in [0.25, 0.3) is 0 Å². The number of allylic oxidation sites excluding steroid dienone is 1. The van der Waals surface area contributed by atoms with Gasteiger partial charge in [-0.15, -0.1) is 0 Å². The van der Waals surface area contributed by atoms with Crippen LogP contribution in [0.2, 0.25) is 0 Å². The number of esters is 1. The number of methoxy groups -OCH3 is 1. The maximum atomic E-state index is 10.8. The molecule has 0 bridgehead atoms. The Morgan fingerprint density at radius 3 is 2.92 bits per heavy atom. The van der Waals surface area contributed by atoms with Gasteiger partial charge in [0.15, 0.2) is 6.29 Å². The molecule has 0 radical (unpaired) electrons. The van der Waals surface area contributed by atoms with Crippen molar-refractivity contribution >= 4 is 18.5 Å². The normalized spacial score (nSPS) is 25.8. The van der Waals surface area contributed by atoms with Gasteiger partial charge in [0.05, 0.1) is 13.5 Å². The first-order chi connectivity index (χ1) is 5.72. The second-order valence-corrected chi connectivity index (χ2v) is 2.50. The minimum Gasteiger partial charge on any atom is -0.469 e. The third kappa shape index (κ3) is 1.58. The van der Waals surface area contributed by atoms with Crippen LogP contribution in [0.4, 0.5) is 0 Å². The molecule has 0 aromatic carbocycles. The molecule has 1 heterocycles. The summed E-state index contributed by atoms with van der Waals surface area (Å²) in [6.07, 6.45) is 5.33. The summed E-state index contributed by atoms with van der Waals surface area (Å²) >= 11 is 0. The molecule has 0 fully saturated rings. The van der Waals surface area contributed by atoms with Gasteiger partial charge in [-0.1, -0.05) is 0 Å². The monoisotopic (exact) mass is 167 g/mol. The zero-order valence-corrected chi connectivity index (χ0v) is 6.69. The van der Waals surface area contributed by atoms with Crippen molar-refractivity contribution in [3.63, 3.8) is 0 Å². The van der Waals surface area contributed by atoms with E-state index in [1.807, 2.05) is 0 Å². The SMILES string of the molecule is COC(=O)CC1(C=O)C=CC=N1. The van der Waals surface area contributed by atoms with Crippen LogP contribution < -0.4 is 0 Å². The summed E-state index contributed by atoms with van der Waals surface area (Å²) in [5.74, 6) is -0.439. The highest BCUT2D eigenvalue weighted by Crippen LogP contribution is 2.19. The predicted octanol–water partition coefficient (Wildman–Crippen LogP) is 0.128. The minimum absolute atomic E-state index is 0.0278. The van der Waals surface area contributed by atoms with Gasteiger partial charge in [-0.25, -0.2) is 0 Å². The van der Waals surface area contributed by atoms with Crippen molar-refractivity contribution < 1.29 is 14.3 Å². The minimum atomic E-state index is -1.01. The van der Waals surface area contributed by atoms with Crippen molar-refractivity contribution in [2.24, 2.45) is 4.99 Å². The summed E-state index contributed by atoms with van der Waals surface area (Å²) in [6.45, 7) is 0. The second-order valence-electron chi connectivity index (χ2n) is 2.50. The van der Waals surface area contributed by atoms with Crippen LogP contribution in [0.5, 0.6) is 0 Å². The van der Waals surface area contributed by atoms with Gasteiger partial charge in [-0.05, 0) is 12.2 Å². The number of ether oxygens (including phenoxy) is 1. The summed E-state index contributed by atoms with van der Waals surface area (Å²) in [6, 6.07) is 0. The molecule has 64 valence electrons. The van der Waals surface area contributed by atoms with Crippen LogP contribution in [-0.2, 0) is 14.3 Å². The van der Waals surface area contributed by atoms with Gasteiger partial charge >= 0.3 is 5.97 Å². The molecule has 1 atom stereocenters. The number of aliphatic imine (C=N–C) groups is 1. The fourth-order valence-electron chi connectivity index (χ4n) is 0.954. The number of carbonyl (C=O) groups excluding carboxylic acids is 2. The number of carbonyl (C=O) groups is 2. The first kappa shape index (κ1) is 8.64. The van der Waals surface area contributed by atoms with E-state index in [0.29, 0.717) is 6.29 Å². The lowest BCUT2D eigenvalue weighted by atomic mass is 9.99. The van der Waals surface area contributed by atoms with Gasteiger partial charge in [0.25, 0.3) is 0 Å². The quantitative estimate of drug-likeness (QED) is 0.443. The highest BCUT2D eigenvalue weighted by Gasteiger charge is 2.30. The smallest absolute Gasteiger partial charge is 0.308 e. The van der Waals surface area contributed by atoms with Crippen molar-refractivity contribution in [1.29, 1.82) is 0 Å². The zero-order valence-electron chi connectivity index (χ0n) is 6.69.